The number of rotatable bonds is 2. The number of aliphatic hydroxyl groups is 1. The van der Waals surface area contributed by atoms with E-state index in [1.807, 2.05) is 24.3 Å². The Kier molecular flexibility index (Phi) is 3.10. The molecule has 1 aromatic carbocycles. The minimum Gasteiger partial charge on any atom is -0.393 e. The maximum atomic E-state index is 9.42. The van der Waals surface area contributed by atoms with E-state index in [-0.39, 0.29) is 11.9 Å². The average molecular weight is 219 g/mol. The first-order valence-electron chi connectivity index (χ1n) is 5.54. The fourth-order valence-corrected chi connectivity index (χ4v) is 1.98. The van der Waals surface area contributed by atoms with E-state index in [9.17, 15) is 5.11 Å². The van der Waals surface area contributed by atoms with Crippen LogP contribution < -0.4 is 10.6 Å². The second-order valence-corrected chi connectivity index (χ2v) is 4.18. The van der Waals surface area contributed by atoms with Crippen LogP contribution >= 0.6 is 0 Å². The zero-order chi connectivity index (χ0) is 11.5. The summed E-state index contributed by atoms with van der Waals surface area (Å²) in [6, 6.07) is 7.69. The van der Waals surface area contributed by atoms with E-state index in [2.05, 4.69) is 4.90 Å². The lowest BCUT2D eigenvalue weighted by Crippen LogP contribution is -2.35. The summed E-state index contributed by atoms with van der Waals surface area (Å²) in [5.74, 6) is 0.0978. The second kappa shape index (κ2) is 4.53. The highest BCUT2D eigenvalue weighted by Crippen LogP contribution is 2.20. The second-order valence-electron chi connectivity index (χ2n) is 4.18. The van der Waals surface area contributed by atoms with Crippen LogP contribution in [0.3, 0.4) is 0 Å². The molecule has 0 unspecified atom stereocenters. The highest BCUT2D eigenvalue weighted by atomic mass is 16.3. The van der Waals surface area contributed by atoms with E-state index in [4.69, 9.17) is 11.1 Å². The van der Waals surface area contributed by atoms with Crippen molar-refractivity contribution in [3.8, 4) is 0 Å². The summed E-state index contributed by atoms with van der Waals surface area (Å²) in [5, 5.41) is 16.7. The molecule has 1 heterocycles. The van der Waals surface area contributed by atoms with Gasteiger partial charge in [0.25, 0.3) is 0 Å². The zero-order valence-electron chi connectivity index (χ0n) is 9.19. The Hall–Kier alpha value is -1.55. The first-order chi connectivity index (χ1) is 7.66. The van der Waals surface area contributed by atoms with Gasteiger partial charge in [0.2, 0.25) is 0 Å². The monoisotopic (exact) mass is 219 g/mol. The Morgan fingerprint density at radius 2 is 1.81 bits per heavy atom. The fraction of sp³-hybridized carbons (Fsp3) is 0.417. The third kappa shape index (κ3) is 2.33. The number of anilines is 1. The molecule has 1 fully saturated rings. The number of nitrogens with zero attached hydrogens (tertiary/aromatic N) is 1. The molecule has 0 amide bonds. The van der Waals surface area contributed by atoms with Crippen LogP contribution in [-0.4, -0.2) is 30.1 Å². The summed E-state index contributed by atoms with van der Waals surface area (Å²) < 4.78 is 0. The summed E-state index contributed by atoms with van der Waals surface area (Å²) in [5.41, 5.74) is 7.28. The van der Waals surface area contributed by atoms with Gasteiger partial charge in [0.05, 0.1) is 6.10 Å². The van der Waals surface area contributed by atoms with E-state index in [1.165, 1.54) is 0 Å². The third-order valence-corrected chi connectivity index (χ3v) is 3.01. The smallest absolute Gasteiger partial charge is 0.122 e. The molecule has 4 N–H and O–H groups in total. The maximum Gasteiger partial charge on any atom is 0.122 e. The predicted molar refractivity (Wildman–Crippen MR) is 64.9 cm³/mol. The van der Waals surface area contributed by atoms with Gasteiger partial charge in [0, 0.05) is 24.3 Å². The molecule has 86 valence electrons. The van der Waals surface area contributed by atoms with Gasteiger partial charge in [-0.05, 0) is 37.1 Å². The van der Waals surface area contributed by atoms with E-state index >= 15 is 0 Å². The van der Waals surface area contributed by atoms with Crippen molar-refractivity contribution in [1.29, 1.82) is 5.41 Å². The normalized spacial score (nSPS) is 17.4. The summed E-state index contributed by atoms with van der Waals surface area (Å²) in [7, 11) is 0. The van der Waals surface area contributed by atoms with Gasteiger partial charge < -0.3 is 15.7 Å². The minimum atomic E-state index is -0.146. The molecule has 0 spiro atoms. The number of benzene rings is 1. The lowest BCUT2D eigenvalue weighted by atomic mass is 10.1. The predicted octanol–water partition coefficient (Wildman–Crippen LogP) is 0.932. The molecule has 0 bridgehead atoms. The van der Waals surface area contributed by atoms with Crippen molar-refractivity contribution in [3.05, 3.63) is 29.8 Å². The molecule has 16 heavy (non-hydrogen) atoms. The topological polar surface area (TPSA) is 73.3 Å². The van der Waals surface area contributed by atoms with E-state index in [0.29, 0.717) is 0 Å². The van der Waals surface area contributed by atoms with E-state index in [0.717, 1.165) is 37.2 Å². The summed E-state index contributed by atoms with van der Waals surface area (Å²) >= 11 is 0. The van der Waals surface area contributed by atoms with Crippen LogP contribution in [0.2, 0.25) is 0 Å². The van der Waals surface area contributed by atoms with Gasteiger partial charge in [-0.2, -0.15) is 0 Å². The van der Waals surface area contributed by atoms with Crippen LogP contribution in [0.5, 0.6) is 0 Å². The van der Waals surface area contributed by atoms with Crippen molar-refractivity contribution in [3.63, 3.8) is 0 Å². The number of nitrogen functional groups attached to an aromatic ring is 1. The van der Waals surface area contributed by atoms with Crippen molar-refractivity contribution in [2.24, 2.45) is 5.73 Å². The van der Waals surface area contributed by atoms with Crippen LogP contribution in [0.1, 0.15) is 18.4 Å². The number of hydrogen-bond acceptors (Lipinski definition) is 3. The highest BCUT2D eigenvalue weighted by molar-refractivity contribution is 5.95. The fourth-order valence-electron chi connectivity index (χ4n) is 1.98. The number of aliphatic hydroxyl groups excluding tert-OH is 1. The molecule has 0 saturated carbocycles. The van der Waals surface area contributed by atoms with Crippen LogP contribution in [0.15, 0.2) is 24.3 Å². The highest BCUT2D eigenvalue weighted by Gasteiger charge is 2.16. The Morgan fingerprint density at radius 3 is 2.31 bits per heavy atom. The Morgan fingerprint density at radius 1 is 1.25 bits per heavy atom. The maximum absolute atomic E-state index is 9.42. The molecule has 0 radical (unpaired) electrons. The molecule has 1 aliphatic rings. The zero-order valence-corrected chi connectivity index (χ0v) is 9.19. The number of hydrogen-bond donors (Lipinski definition) is 3. The van der Waals surface area contributed by atoms with Crippen molar-refractivity contribution in [1.82, 2.24) is 0 Å². The molecule has 4 nitrogen and oxygen atoms in total. The molecule has 0 atom stereocenters. The largest absolute Gasteiger partial charge is 0.393 e. The first-order valence-corrected chi connectivity index (χ1v) is 5.54. The molecule has 0 aromatic heterocycles. The van der Waals surface area contributed by atoms with Gasteiger partial charge in [-0.1, -0.05) is 0 Å². The van der Waals surface area contributed by atoms with E-state index < -0.39 is 0 Å². The van der Waals surface area contributed by atoms with Crippen molar-refractivity contribution in [2.45, 2.75) is 18.9 Å². The molecule has 1 aliphatic heterocycles. The SMILES string of the molecule is N=C(N)c1ccc(N2CCC(O)CC2)cc1. The van der Waals surface area contributed by atoms with Gasteiger partial charge in [-0.15, -0.1) is 0 Å². The lowest BCUT2D eigenvalue weighted by molar-refractivity contribution is 0.145. The third-order valence-electron chi connectivity index (χ3n) is 3.01. The Balaban J connectivity index is 2.07. The number of nitrogens with one attached hydrogen (secondary N) is 1. The van der Waals surface area contributed by atoms with Crippen molar-refractivity contribution in [2.75, 3.05) is 18.0 Å². The quantitative estimate of drug-likeness (QED) is 0.512. The molecular weight excluding hydrogens is 202 g/mol. The molecule has 1 aromatic rings. The van der Waals surface area contributed by atoms with Crippen LogP contribution in [0, 0.1) is 5.41 Å². The molecule has 4 heteroatoms. The number of nitrogens with two attached hydrogens (primary N) is 1. The lowest BCUT2D eigenvalue weighted by Gasteiger charge is -2.31. The summed E-state index contributed by atoms with van der Waals surface area (Å²) in [4.78, 5) is 2.25. The molecule has 2 rings (SSSR count). The molecule has 1 saturated heterocycles. The standard InChI is InChI=1S/C12H17N3O/c13-12(14)9-1-3-10(4-2-9)15-7-5-11(16)6-8-15/h1-4,11,16H,5-8H2,(H3,13,14). The van der Waals surface area contributed by atoms with E-state index in [1.54, 1.807) is 0 Å². The van der Waals surface area contributed by atoms with Gasteiger partial charge in [-0.3, -0.25) is 5.41 Å². The Labute approximate surface area is 95.2 Å². The molecular formula is C12H17N3O. The van der Waals surface area contributed by atoms with Gasteiger partial charge in [-0.25, -0.2) is 0 Å². The van der Waals surface area contributed by atoms with Crippen molar-refractivity contribution >= 4 is 11.5 Å². The van der Waals surface area contributed by atoms with Gasteiger partial charge in [0.1, 0.15) is 5.84 Å². The van der Waals surface area contributed by atoms with Crippen molar-refractivity contribution < 1.29 is 5.11 Å². The first kappa shape index (κ1) is 11.0. The van der Waals surface area contributed by atoms with Gasteiger partial charge in [0.15, 0.2) is 0 Å². The minimum absolute atomic E-state index is 0.0978. The molecule has 0 aliphatic carbocycles. The Bertz CT molecular complexity index is 366. The van der Waals surface area contributed by atoms with Gasteiger partial charge >= 0.3 is 0 Å². The van der Waals surface area contributed by atoms with Crippen LogP contribution in [0.25, 0.3) is 0 Å². The number of amidine groups is 1. The van der Waals surface area contributed by atoms with Crippen LogP contribution in [-0.2, 0) is 0 Å². The number of piperidine rings is 1. The average Bonchev–Trinajstić information content (AvgIpc) is 2.30. The summed E-state index contributed by atoms with van der Waals surface area (Å²) in [6.07, 6.45) is 1.51. The summed E-state index contributed by atoms with van der Waals surface area (Å²) in [6.45, 7) is 1.78. The van der Waals surface area contributed by atoms with Crippen LogP contribution in [0.4, 0.5) is 5.69 Å².